The van der Waals surface area contributed by atoms with Crippen molar-refractivity contribution in [2.24, 2.45) is 0 Å². The highest BCUT2D eigenvalue weighted by Crippen LogP contribution is 2.27. The topological polar surface area (TPSA) is 28.7 Å². The predicted octanol–water partition coefficient (Wildman–Crippen LogP) is 3.95. The van der Waals surface area contributed by atoms with Crippen molar-refractivity contribution in [2.75, 3.05) is 0 Å². The summed E-state index contributed by atoms with van der Waals surface area (Å²) >= 11 is 0. The van der Waals surface area contributed by atoms with Crippen LogP contribution in [0.25, 0.3) is 21.8 Å². The summed E-state index contributed by atoms with van der Waals surface area (Å²) in [5, 5.41) is 2.56. The first-order chi connectivity index (χ1) is 8.06. The van der Waals surface area contributed by atoms with Gasteiger partial charge in [-0.1, -0.05) is 0 Å². The van der Waals surface area contributed by atoms with Gasteiger partial charge in [-0.3, -0.25) is 4.98 Å². The number of rotatable bonds is 0. The van der Waals surface area contributed by atoms with Gasteiger partial charge in [0.1, 0.15) is 0 Å². The number of hydrogen-bond donors (Lipinski definition) is 1. The number of fused-ring (bicyclic) bond motifs is 2. The minimum absolute atomic E-state index is 1.09. The fraction of sp³-hybridized carbons (Fsp3) is 0.267. The monoisotopic (exact) mass is 224 g/mol. The Hall–Kier alpha value is -1.83. The van der Waals surface area contributed by atoms with Crippen molar-refractivity contribution < 1.29 is 0 Å². The highest BCUT2D eigenvalue weighted by molar-refractivity contribution is 5.98. The third-order valence-corrected chi connectivity index (χ3v) is 3.56. The average molecular weight is 224 g/mol. The Bertz CT molecular complexity index is 736. The van der Waals surface area contributed by atoms with E-state index in [1.165, 1.54) is 33.1 Å². The Labute approximate surface area is 101 Å². The Morgan fingerprint density at radius 3 is 2.47 bits per heavy atom. The SMILES string of the molecule is Cc1cc(C)c2cc3c(C)c(C)nc3cc2[nH]1. The lowest BCUT2D eigenvalue weighted by molar-refractivity contribution is 1.23. The molecular formula is C15H16N2. The molecule has 0 unspecified atom stereocenters. The summed E-state index contributed by atoms with van der Waals surface area (Å²) in [4.78, 5) is 8.01. The van der Waals surface area contributed by atoms with Crippen LogP contribution in [-0.2, 0) is 0 Å². The number of aromatic nitrogens is 2. The lowest BCUT2D eigenvalue weighted by Gasteiger charge is -2.05. The molecule has 17 heavy (non-hydrogen) atoms. The van der Waals surface area contributed by atoms with Crippen LogP contribution >= 0.6 is 0 Å². The molecule has 0 bridgehead atoms. The molecule has 0 aliphatic rings. The Balaban J connectivity index is 2.52. The summed E-state index contributed by atoms with van der Waals surface area (Å²) < 4.78 is 0. The van der Waals surface area contributed by atoms with Crippen molar-refractivity contribution in [2.45, 2.75) is 27.7 Å². The van der Waals surface area contributed by atoms with Gasteiger partial charge in [0, 0.05) is 27.7 Å². The van der Waals surface area contributed by atoms with E-state index < -0.39 is 0 Å². The van der Waals surface area contributed by atoms with Gasteiger partial charge in [0.2, 0.25) is 0 Å². The molecule has 0 saturated carbocycles. The molecular weight excluding hydrogens is 208 g/mol. The third-order valence-electron chi connectivity index (χ3n) is 3.56. The highest BCUT2D eigenvalue weighted by atomic mass is 14.7. The molecule has 2 nitrogen and oxygen atoms in total. The van der Waals surface area contributed by atoms with Crippen molar-refractivity contribution >= 4 is 21.8 Å². The Kier molecular flexibility index (Phi) is 2.02. The van der Waals surface area contributed by atoms with E-state index in [1.54, 1.807) is 0 Å². The summed E-state index contributed by atoms with van der Waals surface area (Å²) in [6.45, 7) is 8.46. The third kappa shape index (κ3) is 1.44. The van der Waals surface area contributed by atoms with E-state index in [2.05, 4.69) is 55.9 Å². The van der Waals surface area contributed by atoms with E-state index in [4.69, 9.17) is 0 Å². The molecule has 1 aromatic carbocycles. The van der Waals surface area contributed by atoms with E-state index in [0.29, 0.717) is 0 Å². The summed E-state index contributed by atoms with van der Waals surface area (Å²) in [7, 11) is 0. The van der Waals surface area contributed by atoms with Gasteiger partial charge in [-0.2, -0.15) is 0 Å². The summed E-state index contributed by atoms with van der Waals surface area (Å²) in [5.41, 5.74) is 7.19. The Morgan fingerprint density at radius 1 is 0.941 bits per heavy atom. The van der Waals surface area contributed by atoms with Crippen LogP contribution in [0.2, 0.25) is 0 Å². The number of aryl methyl sites for hydroxylation is 4. The number of H-pyrrole nitrogens is 1. The van der Waals surface area contributed by atoms with Crippen LogP contribution in [-0.4, -0.2) is 9.97 Å². The zero-order valence-electron chi connectivity index (χ0n) is 10.7. The molecule has 1 N–H and O–H groups in total. The fourth-order valence-electron chi connectivity index (χ4n) is 2.52. The van der Waals surface area contributed by atoms with Gasteiger partial charge in [-0.25, -0.2) is 0 Å². The molecule has 2 aromatic heterocycles. The van der Waals surface area contributed by atoms with Gasteiger partial charge < -0.3 is 4.98 Å². The van der Waals surface area contributed by atoms with Gasteiger partial charge in [0.15, 0.2) is 0 Å². The molecule has 2 heteroatoms. The first-order valence-electron chi connectivity index (χ1n) is 5.93. The molecule has 0 aliphatic heterocycles. The van der Waals surface area contributed by atoms with Crippen LogP contribution in [0.5, 0.6) is 0 Å². The van der Waals surface area contributed by atoms with Gasteiger partial charge in [-0.05, 0) is 57.0 Å². The lowest BCUT2D eigenvalue weighted by Crippen LogP contribution is -1.87. The summed E-state index contributed by atoms with van der Waals surface area (Å²) in [6.07, 6.45) is 0. The quantitative estimate of drug-likeness (QED) is 0.615. The molecule has 3 rings (SSSR count). The molecule has 0 radical (unpaired) electrons. The van der Waals surface area contributed by atoms with E-state index in [9.17, 15) is 0 Å². The smallest absolute Gasteiger partial charge is 0.0729 e. The zero-order valence-corrected chi connectivity index (χ0v) is 10.7. The number of pyridine rings is 1. The number of benzene rings is 1. The maximum atomic E-state index is 4.60. The minimum atomic E-state index is 1.09. The molecule has 86 valence electrons. The normalized spacial score (nSPS) is 11.5. The van der Waals surface area contributed by atoms with Crippen molar-refractivity contribution in [3.05, 3.63) is 40.7 Å². The number of hydrogen-bond acceptors (Lipinski definition) is 1. The van der Waals surface area contributed by atoms with Crippen LogP contribution in [0.15, 0.2) is 18.2 Å². The van der Waals surface area contributed by atoms with Crippen molar-refractivity contribution in [1.29, 1.82) is 0 Å². The molecule has 3 aromatic rings. The van der Waals surface area contributed by atoms with Crippen LogP contribution in [0, 0.1) is 27.7 Å². The maximum Gasteiger partial charge on any atom is 0.0729 e. The van der Waals surface area contributed by atoms with Gasteiger partial charge in [-0.15, -0.1) is 0 Å². The van der Waals surface area contributed by atoms with E-state index in [1.807, 2.05) is 0 Å². The van der Waals surface area contributed by atoms with Gasteiger partial charge in [0.25, 0.3) is 0 Å². The molecule has 0 fully saturated rings. The molecule has 0 saturated heterocycles. The first kappa shape index (κ1) is 10.3. The lowest BCUT2D eigenvalue weighted by atomic mass is 10.0. The van der Waals surface area contributed by atoms with Gasteiger partial charge in [0.05, 0.1) is 5.52 Å². The standard InChI is InChI=1S/C15H16N2/c1-8-5-9(2)16-14-7-15-13(6-12(8)14)10(3)11(4)17-15/h5-7,16H,1-4H3. The van der Waals surface area contributed by atoms with E-state index in [-0.39, 0.29) is 0 Å². The van der Waals surface area contributed by atoms with Crippen molar-refractivity contribution in [3.8, 4) is 0 Å². The number of aromatic amines is 1. The second-order valence-corrected chi connectivity index (χ2v) is 4.87. The molecule has 0 spiro atoms. The summed E-state index contributed by atoms with van der Waals surface area (Å²) in [6, 6.07) is 6.60. The van der Waals surface area contributed by atoms with Crippen LogP contribution < -0.4 is 0 Å². The fourth-order valence-corrected chi connectivity index (χ4v) is 2.52. The number of nitrogens with one attached hydrogen (secondary N) is 1. The van der Waals surface area contributed by atoms with E-state index in [0.717, 1.165) is 11.2 Å². The first-order valence-corrected chi connectivity index (χ1v) is 5.93. The maximum absolute atomic E-state index is 4.60. The van der Waals surface area contributed by atoms with Crippen LogP contribution in [0.1, 0.15) is 22.5 Å². The predicted molar refractivity (Wildman–Crippen MR) is 72.5 cm³/mol. The van der Waals surface area contributed by atoms with Crippen molar-refractivity contribution in [1.82, 2.24) is 9.97 Å². The summed E-state index contributed by atoms with van der Waals surface area (Å²) in [5.74, 6) is 0. The van der Waals surface area contributed by atoms with Crippen LogP contribution in [0.4, 0.5) is 0 Å². The average Bonchev–Trinajstić information content (AvgIpc) is 2.52. The van der Waals surface area contributed by atoms with Crippen molar-refractivity contribution in [3.63, 3.8) is 0 Å². The van der Waals surface area contributed by atoms with Gasteiger partial charge >= 0.3 is 0 Å². The van der Waals surface area contributed by atoms with E-state index >= 15 is 0 Å². The molecule has 0 amide bonds. The molecule has 0 atom stereocenters. The molecule has 0 aliphatic carbocycles. The largest absolute Gasteiger partial charge is 0.359 e. The van der Waals surface area contributed by atoms with Crippen LogP contribution in [0.3, 0.4) is 0 Å². The highest BCUT2D eigenvalue weighted by Gasteiger charge is 2.08. The minimum Gasteiger partial charge on any atom is -0.359 e. The zero-order chi connectivity index (χ0) is 12.2. The Morgan fingerprint density at radius 2 is 1.71 bits per heavy atom. The second kappa shape index (κ2) is 3.33. The number of nitrogens with zero attached hydrogens (tertiary/aromatic N) is 1. The molecule has 2 heterocycles. The second-order valence-electron chi connectivity index (χ2n) is 4.87.